The summed E-state index contributed by atoms with van der Waals surface area (Å²) in [6, 6.07) is 0. The Hall–Kier alpha value is -0.760. The number of nitrogens with one attached hydrogen (secondary N) is 1. The summed E-state index contributed by atoms with van der Waals surface area (Å²) in [4.78, 5) is 24.4. The van der Waals surface area contributed by atoms with Gasteiger partial charge < -0.3 is 4.98 Å². The number of rotatable bonds is 2. The van der Waals surface area contributed by atoms with Crippen LogP contribution in [0, 0.1) is 3.57 Å². The average molecular weight is 373 g/mol. The van der Waals surface area contributed by atoms with E-state index in [0.29, 0.717) is 11.7 Å². The number of aromatic nitrogens is 3. The minimum Gasteiger partial charge on any atom is -0.305 e. The SMILES string of the molecule is O=c1[nH]c(-c2cncs2)nc(C2CCCC2)c1I. The van der Waals surface area contributed by atoms with Gasteiger partial charge in [-0.05, 0) is 35.4 Å². The van der Waals surface area contributed by atoms with Gasteiger partial charge in [-0.1, -0.05) is 12.8 Å². The van der Waals surface area contributed by atoms with Gasteiger partial charge >= 0.3 is 0 Å². The molecule has 1 N–H and O–H groups in total. The summed E-state index contributed by atoms with van der Waals surface area (Å²) in [5.74, 6) is 1.11. The Morgan fingerprint density at radius 1 is 1.39 bits per heavy atom. The van der Waals surface area contributed by atoms with E-state index in [2.05, 4.69) is 37.5 Å². The van der Waals surface area contributed by atoms with E-state index in [1.807, 2.05) is 0 Å². The zero-order valence-corrected chi connectivity index (χ0v) is 12.6. The van der Waals surface area contributed by atoms with Gasteiger partial charge in [0.25, 0.3) is 5.56 Å². The molecule has 0 amide bonds. The van der Waals surface area contributed by atoms with Crippen LogP contribution in [0.5, 0.6) is 0 Å². The summed E-state index contributed by atoms with van der Waals surface area (Å²) in [5.41, 5.74) is 2.69. The van der Waals surface area contributed by atoms with Gasteiger partial charge in [-0.2, -0.15) is 0 Å². The van der Waals surface area contributed by atoms with Crippen LogP contribution < -0.4 is 5.56 Å². The van der Waals surface area contributed by atoms with E-state index in [9.17, 15) is 4.79 Å². The lowest BCUT2D eigenvalue weighted by Gasteiger charge is -2.11. The first-order valence-electron chi connectivity index (χ1n) is 5.94. The van der Waals surface area contributed by atoms with Gasteiger partial charge in [-0.15, -0.1) is 11.3 Å². The molecule has 1 saturated carbocycles. The summed E-state index contributed by atoms with van der Waals surface area (Å²) in [6.45, 7) is 0. The standard InChI is InChI=1S/C12H12IN3OS/c13-9-10(7-3-1-2-4-7)15-11(16-12(9)17)8-5-14-6-18-8/h5-7H,1-4H2,(H,15,16,17). The molecule has 0 atom stereocenters. The molecule has 18 heavy (non-hydrogen) atoms. The molecule has 0 aromatic carbocycles. The van der Waals surface area contributed by atoms with Crippen LogP contribution in [-0.4, -0.2) is 15.0 Å². The van der Waals surface area contributed by atoms with Crippen LogP contribution in [-0.2, 0) is 0 Å². The first kappa shape index (κ1) is 12.3. The molecule has 1 aliphatic rings. The summed E-state index contributed by atoms with van der Waals surface area (Å²) < 4.78 is 0.743. The van der Waals surface area contributed by atoms with Crippen molar-refractivity contribution in [1.82, 2.24) is 15.0 Å². The molecular weight excluding hydrogens is 361 g/mol. The number of hydrogen-bond donors (Lipinski definition) is 1. The Balaban J connectivity index is 2.10. The maximum Gasteiger partial charge on any atom is 0.264 e. The van der Waals surface area contributed by atoms with E-state index < -0.39 is 0 Å². The third-order valence-corrected chi connectivity index (χ3v) is 5.12. The number of H-pyrrole nitrogens is 1. The summed E-state index contributed by atoms with van der Waals surface area (Å²) in [6.07, 6.45) is 6.52. The lowest BCUT2D eigenvalue weighted by Crippen LogP contribution is -2.17. The van der Waals surface area contributed by atoms with Gasteiger partial charge in [0, 0.05) is 12.1 Å². The molecule has 3 rings (SSSR count). The van der Waals surface area contributed by atoms with Crippen molar-refractivity contribution in [1.29, 1.82) is 0 Å². The van der Waals surface area contributed by atoms with Crippen LogP contribution >= 0.6 is 33.9 Å². The van der Waals surface area contributed by atoms with Crippen molar-refractivity contribution in [3.63, 3.8) is 0 Å². The highest BCUT2D eigenvalue weighted by Gasteiger charge is 2.23. The second-order valence-corrected chi connectivity index (χ2v) is 6.43. The van der Waals surface area contributed by atoms with E-state index in [0.717, 1.165) is 27.0 Å². The minimum absolute atomic E-state index is 0.0316. The van der Waals surface area contributed by atoms with Crippen LogP contribution in [0.15, 0.2) is 16.5 Å². The lowest BCUT2D eigenvalue weighted by atomic mass is 10.0. The van der Waals surface area contributed by atoms with Crippen LogP contribution in [0.2, 0.25) is 0 Å². The number of nitrogens with zero attached hydrogens (tertiary/aromatic N) is 2. The van der Waals surface area contributed by atoms with Crippen LogP contribution in [0.4, 0.5) is 0 Å². The molecule has 0 unspecified atom stereocenters. The predicted octanol–water partition coefficient (Wildman–Crippen LogP) is 3.16. The quantitative estimate of drug-likeness (QED) is 0.823. The molecule has 2 heterocycles. The van der Waals surface area contributed by atoms with E-state index in [4.69, 9.17) is 0 Å². The van der Waals surface area contributed by atoms with Gasteiger partial charge in [0.15, 0.2) is 5.82 Å². The van der Waals surface area contributed by atoms with Crippen molar-refractivity contribution in [3.05, 3.63) is 31.3 Å². The number of hydrogen-bond acceptors (Lipinski definition) is 4. The highest BCUT2D eigenvalue weighted by atomic mass is 127. The number of thiazole rings is 1. The van der Waals surface area contributed by atoms with E-state index in [1.54, 1.807) is 11.7 Å². The van der Waals surface area contributed by atoms with Gasteiger partial charge in [0.1, 0.15) is 3.57 Å². The van der Waals surface area contributed by atoms with Gasteiger partial charge in [0.2, 0.25) is 0 Å². The molecule has 2 aromatic heterocycles. The Bertz CT molecular complexity index is 602. The molecule has 94 valence electrons. The van der Waals surface area contributed by atoms with Crippen molar-refractivity contribution in [3.8, 4) is 10.7 Å². The Kier molecular flexibility index (Phi) is 3.47. The van der Waals surface area contributed by atoms with Crippen LogP contribution in [0.25, 0.3) is 10.7 Å². The fourth-order valence-corrected chi connectivity index (χ4v) is 3.66. The minimum atomic E-state index is -0.0316. The molecule has 0 saturated heterocycles. The second-order valence-electron chi connectivity index (χ2n) is 4.46. The summed E-state index contributed by atoms with van der Waals surface area (Å²) in [7, 11) is 0. The molecule has 0 spiro atoms. The molecule has 0 bridgehead atoms. The Morgan fingerprint density at radius 3 is 2.83 bits per heavy atom. The van der Waals surface area contributed by atoms with Crippen molar-refractivity contribution in [2.45, 2.75) is 31.6 Å². The third kappa shape index (κ3) is 2.23. The van der Waals surface area contributed by atoms with Crippen molar-refractivity contribution in [2.75, 3.05) is 0 Å². The van der Waals surface area contributed by atoms with Crippen molar-refractivity contribution < 1.29 is 0 Å². The first-order chi connectivity index (χ1) is 8.75. The second kappa shape index (κ2) is 5.08. The molecule has 1 fully saturated rings. The molecule has 6 heteroatoms. The third-order valence-electron chi connectivity index (χ3n) is 3.30. The monoisotopic (exact) mass is 373 g/mol. The van der Waals surface area contributed by atoms with Crippen molar-refractivity contribution in [2.24, 2.45) is 0 Å². The number of halogens is 1. The molecule has 0 radical (unpaired) electrons. The maximum atomic E-state index is 12.0. The smallest absolute Gasteiger partial charge is 0.264 e. The maximum absolute atomic E-state index is 12.0. The predicted molar refractivity (Wildman–Crippen MR) is 79.9 cm³/mol. The van der Waals surface area contributed by atoms with Crippen molar-refractivity contribution >= 4 is 33.9 Å². The van der Waals surface area contributed by atoms with E-state index in [-0.39, 0.29) is 5.56 Å². The van der Waals surface area contributed by atoms with E-state index in [1.165, 1.54) is 24.2 Å². The largest absolute Gasteiger partial charge is 0.305 e. The Morgan fingerprint density at radius 2 is 2.17 bits per heavy atom. The van der Waals surface area contributed by atoms with Crippen LogP contribution in [0.3, 0.4) is 0 Å². The topological polar surface area (TPSA) is 58.6 Å². The average Bonchev–Trinajstić information content (AvgIpc) is 3.03. The highest BCUT2D eigenvalue weighted by molar-refractivity contribution is 14.1. The van der Waals surface area contributed by atoms with Crippen LogP contribution in [0.1, 0.15) is 37.3 Å². The zero-order chi connectivity index (χ0) is 12.5. The lowest BCUT2D eigenvalue weighted by molar-refractivity contribution is 0.688. The van der Waals surface area contributed by atoms with Gasteiger partial charge in [0.05, 0.1) is 16.1 Å². The fraction of sp³-hybridized carbons (Fsp3) is 0.417. The molecule has 1 aliphatic carbocycles. The molecule has 4 nitrogen and oxygen atoms in total. The first-order valence-corrected chi connectivity index (χ1v) is 7.90. The van der Waals surface area contributed by atoms with Gasteiger partial charge in [-0.3, -0.25) is 9.78 Å². The summed E-state index contributed by atoms with van der Waals surface area (Å²) in [5, 5.41) is 0. The Labute approximate surface area is 122 Å². The van der Waals surface area contributed by atoms with Gasteiger partial charge in [-0.25, -0.2) is 4.98 Å². The summed E-state index contributed by atoms with van der Waals surface area (Å²) >= 11 is 3.61. The normalized spacial score (nSPS) is 16.3. The molecule has 0 aliphatic heterocycles. The van der Waals surface area contributed by atoms with E-state index >= 15 is 0 Å². The molecular formula is C12H12IN3OS. The fourth-order valence-electron chi connectivity index (χ4n) is 2.40. The molecule has 2 aromatic rings. The zero-order valence-electron chi connectivity index (χ0n) is 9.65. The highest BCUT2D eigenvalue weighted by Crippen LogP contribution is 2.35. The number of aromatic amines is 1.